The van der Waals surface area contributed by atoms with Crippen molar-refractivity contribution in [2.75, 3.05) is 13.1 Å². The number of carbonyl (C=O) groups excluding carboxylic acids is 1. The first kappa shape index (κ1) is 16.8. The maximum absolute atomic E-state index is 11.6. The number of azide groups is 1. The SMILES string of the molecule is CC(C)(C)C1CCC(C(NCCN=[N+]=[N-])C(N)=O)CC1. The highest BCUT2D eigenvalue weighted by Gasteiger charge is 2.34. The van der Waals surface area contributed by atoms with E-state index in [9.17, 15) is 4.79 Å². The van der Waals surface area contributed by atoms with Crippen LogP contribution >= 0.6 is 0 Å². The van der Waals surface area contributed by atoms with Gasteiger partial charge in [0.2, 0.25) is 5.91 Å². The van der Waals surface area contributed by atoms with E-state index >= 15 is 0 Å². The van der Waals surface area contributed by atoms with Crippen LogP contribution in [0.5, 0.6) is 0 Å². The van der Waals surface area contributed by atoms with Gasteiger partial charge in [0.1, 0.15) is 0 Å². The zero-order valence-corrected chi connectivity index (χ0v) is 12.8. The maximum atomic E-state index is 11.6. The minimum atomic E-state index is -0.301. The van der Waals surface area contributed by atoms with Crippen molar-refractivity contribution in [2.24, 2.45) is 28.1 Å². The number of nitrogens with zero attached hydrogens (tertiary/aromatic N) is 3. The molecule has 0 aliphatic heterocycles. The van der Waals surface area contributed by atoms with Crippen LogP contribution in [0.1, 0.15) is 46.5 Å². The van der Waals surface area contributed by atoms with Crippen LogP contribution in [0.3, 0.4) is 0 Å². The van der Waals surface area contributed by atoms with Crippen LogP contribution in [0, 0.1) is 17.3 Å². The van der Waals surface area contributed by atoms with Crippen LogP contribution in [0.25, 0.3) is 10.4 Å². The van der Waals surface area contributed by atoms with E-state index in [0.717, 1.165) is 31.6 Å². The molecule has 1 atom stereocenters. The molecule has 0 heterocycles. The number of amides is 1. The summed E-state index contributed by atoms with van der Waals surface area (Å²) in [5, 5.41) is 6.60. The lowest BCUT2D eigenvalue weighted by molar-refractivity contribution is -0.121. The Balaban J connectivity index is 2.49. The average Bonchev–Trinajstić information content (AvgIpc) is 2.37. The molecule has 1 unspecified atom stereocenters. The third-order valence-corrected chi connectivity index (χ3v) is 4.41. The maximum Gasteiger partial charge on any atom is 0.234 e. The van der Waals surface area contributed by atoms with Crippen molar-refractivity contribution in [1.82, 2.24) is 5.32 Å². The summed E-state index contributed by atoms with van der Waals surface area (Å²) in [6.07, 6.45) is 4.36. The van der Waals surface area contributed by atoms with Gasteiger partial charge in [0, 0.05) is 18.0 Å². The minimum absolute atomic E-state index is 0.301. The molecule has 0 radical (unpaired) electrons. The summed E-state index contributed by atoms with van der Waals surface area (Å²) >= 11 is 0. The Morgan fingerprint density at radius 2 is 2.00 bits per heavy atom. The fourth-order valence-electron chi connectivity index (χ4n) is 3.13. The Hall–Kier alpha value is -1.26. The van der Waals surface area contributed by atoms with Crippen LogP contribution in [-0.2, 0) is 4.79 Å². The van der Waals surface area contributed by atoms with E-state index in [1.54, 1.807) is 0 Å². The third-order valence-electron chi connectivity index (χ3n) is 4.41. The summed E-state index contributed by atoms with van der Waals surface area (Å²) in [4.78, 5) is 14.3. The van der Waals surface area contributed by atoms with Gasteiger partial charge in [0.05, 0.1) is 6.04 Å². The van der Waals surface area contributed by atoms with Gasteiger partial charge in [-0.15, -0.1) is 0 Å². The van der Waals surface area contributed by atoms with Gasteiger partial charge in [-0.2, -0.15) is 0 Å². The first-order valence-electron chi connectivity index (χ1n) is 7.39. The molecule has 6 nitrogen and oxygen atoms in total. The molecule has 1 saturated carbocycles. The number of hydrogen-bond acceptors (Lipinski definition) is 3. The lowest BCUT2D eigenvalue weighted by Gasteiger charge is -2.39. The third kappa shape index (κ3) is 5.02. The van der Waals surface area contributed by atoms with Gasteiger partial charge in [-0.3, -0.25) is 4.79 Å². The Morgan fingerprint density at radius 3 is 2.45 bits per heavy atom. The molecule has 0 bridgehead atoms. The van der Waals surface area contributed by atoms with E-state index in [4.69, 9.17) is 11.3 Å². The number of primary amides is 1. The molecule has 0 saturated heterocycles. The molecule has 0 spiro atoms. The lowest BCUT2D eigenvalue weighted by Crippen LogP contribution is -2.48. The predicted molar refractivity (Wildman–Crippen MR) is 79.9 cm³/mol. The average molecular weight is 281 g/mol. The smallest absolute Gasteiger partial charge is 0.234 e. The second kappa shape index (κ2) is 7.50. The van der Waals surface area contributed by atoms with Gasteiger partial charge in [0.15, 0.2) is 0 Å². The molecule has 1 fully saturated rings. The molecule has 1 aliphatic carbocycles. The van der Waals surface area contributed by atoms with Crippen molar-refractivity contribution in [3.63, 3.8) is 0 Å². The Morgan fingerprint density at radius 1 is 1.40 bits per heavy atom. The number of hydrogen-bond donors (Lipinski definition) is 2. The second-order valence-electron chi connectivity index (χ2n) is 6.77. The molecule has 0 aromatic rings. The summed E-state index contributed by atoms with van der Waals surface area (Å²) in [6, 6.07) is -0.301. The molecule has 6 heteroatoms. The monoisotopic (exact) mass is 281 g/mol. The highest BCUT2D eigenvalue weighted by molar-refractivity contribution is 5.80. The van der Waals surface area contributed by atoms with E-state index in [1.807, 2.05) is 0 Å². The highest BCUT2D eigenvalue weighted by atomic mass is 16.1. The fraction of sp³-hybridized carbons (Fsp3) is 0.929. The van der Waals surface area contributed by atoms with Gasteiger partial charge < -0.3 is 11.1 Å². The Labute approximate surface area is 121 Å². The molecular formula is C14H27N5O. The van der Waals surface area contributed by atoms with Gasteiger partial charge in [-0.1, -0.05) is 25.9 Å². The zero-order valence-electron chi connectivity index (χ0n) is 12.8. The number of nitrogens with two attached hydrogens (primary N) is 1. The zero-order chi connectivity index (χ0) is 15.2. The molecule has 1 amide bonds. The molecular weight excluding hydrogens is 254 g/mol. The number of nitrogens with one attached hydrogen (secondary N) is 1. The molecule has 0 aromatic carbocycles. The number of carbonyl (C=O) groups is 1. The molecule has 20 heavy (non-hydrogen) atoms. The summed E-state index contributed by atoms with van der Waals surface area (Å²) in [5.41, 5.74) is 14.1. The number of rotatable bonds is 6. The second-order valence-corrected chi connectivity index (χ2v) is 6.77. The van der Waals surface area contributed by atoms with E-state index in [-0.39, 0.29) is 11.9 Å². The molecule has 3 N–H and O–H groups in total. The normalized spacial score (nSPS) is 24.8. The molecule has 1 rings (SSSR count). The van der Waals surface area contributed by atoms with E-state index in [2.05, 4.69) is 36.1 Å². The first-order valence-corrected chi connectivity index (χ1v) is 7.39. The van der Waals surface area contributed by atoms with E-state index in [0.29, 0.717) is 24.4 Å². The van der Waals surface area contributed by atoms with Crippen molar-refractivity contribution < 1.29 is 4.79 Å². The van der Waals surface area contributed by atoms with Crippen LogP contribution < -0.4 is 11.1 Å². The van der Waals surface area contributed by atoms with Crippen molar-refractivity contribution in [1.29, 1.82) is 0 Å². The van der Waals surface area contributed by atoms with Crippen molar-refractivity contribution in [3.05, 3.63) is 10.4 Å². The van der Waals surface area contributed by atoms with Crippen LogP contribution in [-0.4, -0.2) is 25.0 Å². The molecule has 1 aliphatic rings. The van der Waals surface area contributed by atoms with Gasteiger partial charge in [-0.05, 0) is 48.5 Å². The van der Waals surface area contributed by atoms with Gasteiger partial charge in [-0.25, -0.2) is 0 Å². The topological polar surface area (TPSA) is 104 Å². The minimum Gasteiger partial charge on any atom is -0.368 e. The van der Waals surface area contributed by atoms with Crippen molar-refractivity contribution >= 4 is 5.91 Å². The predicted octanol–water partition coefficient (Wildman–Crippen LogP) is 2.59. The molecule has 114 valence electrons. The van der Waals surface area contributed by atoms with Gasteiger partial charge >= 0.3 is 0 Å². The lowest BCUT2D eigenvalue weighted by atomic mass is 9.68. The van der Waals surface area contributed by atoms with Crippen molar-refractivity contribution in [2.45, 2.75) is 52.5 Å². The fourth-order valence-corrected chi connectivity index (χ4v) is 3.13. The first-order chi connectivity index (χ1) is 9.36. The highest BCUT2D eigenvalue weighted by Crippen LogP contribution is 2.40. The van der Waals surface area contributed by atoms with Crippen LogP contribution in [0.4, 0.5) is 0 Å². The largest absolute Gasteiger partial charge is 0.368 e. The summed E-state index contributed by atoms with van der Waals surface area (Å²) in [7, 11) is 0. The van der Waals surface area contributed by atoms with Crippen LogP contribution in [0.15, 0.2) is 5.11 Å². The van der Waals surface area contributed by atoms with E-state index in [1.165, 1.54) is 0 Å². The van der Waals surface area contributed by atoms with Crippen LogP contribution in [0.2, 0.25) is 0 Å². The Kier molecular flexibility index (Phi) is 6.30. The van der Waals surface area contributed by atoms with Crippen molar-refractivity contribution in [3.8, 4) is 0 Å². The standard InChI is InChI=1S/C14H27N5O/c1-14(2,3)11-6-4-10(5-7-11)12(13(15)20)17-8-9-18-19-16/h10-12,17H,4-9H2,1-3H3,(H2,15,20). The Bertz CT molecular complexity index is 362. The van der Waals surface area contributed by atoms with Gasteiger partial charge in [0.25, 0.3) is 0 Å². The summed E-state index contributed by atoms with van der Waals surface area (Å²) in [5.74, 6) is 0.720. The summed E-state index contributed by atoms with van der Waals surface area (Å²) in [6.45, 7) is 7.68. The quantitative estimate of drug-likeness (QED) is 0.338. The molecule has 0 aromatic heterocycles. The van der Waals surface area contributed by atoms with E-state index < -0.39 is 0 Å². The summed E-state index contributed by atoms with van der Waals surface area (Å²) < 4.78 is 0.